The highest BCUT2D eigenvalue weighted by atomic mass is 16.2. The van der Waals surface area contributed by atoms with Crippen molar-refractivity contribution in [1.82, 2.24) is 20.2 Å². The molecule has 2 N–H and O–H groups in total. The third-order valence-electron chi connectivity index (χ3n) is 4.66. The highest BCUT2D eigenvalue weighted by Crippen LogP contribution is 2.24. The summed E-state index contributed by atoms with van der Waals surface area (Å²) in [4.78, 5) is 29.0. The Morgan fingerprint density at radius 2 is 1.88 bits per heavy atom. The summed E-state index contributed by atoms with van der Waals surface area (Å²) in [6.45, 7) is 6.54. The largest absolute Gasteiger partial charge is 0.350 e. The van der Waals surface area contributed by atoms with Gasteiger partial charge < -0.3 is 15.2 Å². The lowest BCUT2D eigenvalue weighted by molar-refractivity contribution is -0.133. The molecule has 6 heteroatoms. The molecule has 24 heavy (non-hydrogen) atoms. The van der Waals surface area contributed by atoms with Gasteiger partial charge in [0, 0.05) is 30.9 Å². The first-order valence-electron chi connectivity index (χ1n) is 9.04. The molecule has 1 aromatic heterocycles. The molecule has 0 aliphatic heterocycles. The Labute approximate surface area is 144 Å². The van der Waals surface area contributed by atoms with Crippen LogP contribution in [0.25, 0.3) is 0 Å². The van der Waals surface area contributed by atoms with Crippen LogP contribution in [0.15, 0.2) is 18.7 Å². The average Bonchev–Trinajstić information content (AvgIpc) is 3.05. The number of nitrogens with one attached hydrogen (secondary N) is 2. The fourth-order valence-electron chi connectivity index (χ4n) is 3.26. The van der Waals surface area contributed by atoms with Crippen LogP contribution in [0.3, 0.4) is 0 Å². The zero-order valence-corrected chi connectivity index (χ0v) is 15.0. The van der Waals surface area contributed by atoms with Crippen LogP contribution in [0, 0.1) is 11.8 Å². The maximum atomic E-state index is 12.6. The van der Waals surface area contributed by atoms with E-state index in [0.29, 0.717) is 6.54 Å². The van der Waals surface area contributed by atoms with E-state index in [2.05, 4.69) is 15.6 Å². The summed E-state index contributed by atoms with van der Waals surface area (Å²) in [7, 11) is 0. The first-order chi connectivity index (χ1) is 11.5. The topological polar surface area (TPSA) is 76.0 Å². The number of carbonyl (C=O) groups excluding carboxylic acids is 2. The zero-order chi connectivity index (χ0) is 17.5. The van der Waals surface area contributed by atoms with Crippen LogP contribution in [0.5, 0.6) is 0 Å². The third-order valence-corrected chi connectivity index (χ3v) is 4.66. The van der Waals surface area contributed by atoms with Gasteiger partial charge in [-0.05, 0) is 25.7 Å². The highest BCUT2D eigenvalue weighted by Gasteiger charge is 2.29. The van der Waals surface area contributed by atoms with Crippen molar-refractivity contribution in [1.29, 1.82) is 0 Å². The molecule has 1 aromatic rings. The van der Waals surface area contributed by atoms with E-state index in [1.54, 1.807) is 12.5 Å². The molecule has 1 aliphatic rings. The minimum atomic E-state index is -0.482. The van der Waals surface area contributed by atoms with Crippen LogP contribution in [0.2, 0.25) is 0 Å². The molecule has 1 saturated carbocycles. The molecule has 0 radical (unpaired) electrons. The molecule has 0 saturated heterocycles. The van der Waals surface area contributed by atoms with Crippen molar-refractivity contribution in [3.05, 3.63) is 18.7 Å². The van der Waals surface area contributed by atoms with Gasteiger partial charge in [-0.3, -0.25) is 9.59 Å². The van der Waals surface area contributed by atoms with Crippen molar-refractivity contribution in [2.75, 3.05) is 0 Å². The van der Waals surface area contributed by atoms with E-state index in [1.807, 2.05) is 31.5 Å². The number of hydrogen-bond donors (Lipinski definition) is 2. The summed E-state index contributed by atoms with van der Waals surface area (Å²) in [6.07, 6.45) is 10.6. The van der Waals surface area contributed by atoms with Crippen LogP contribution in [-0.4, -0.2) is 33.4 Å². The molecular weight excluding hydrogens is 304 g/mol. The van der Waals surface area contributed by atoms with Crippen molar-refractivity contribution < 1.29 is 9.59 Å². The molecule has 6 nitrogen and oxygen atoms in total. The highest BCUT2D eigenvalue weighted by molar-refractivity contribution is 5.88. The lowest BCUT2D eigenvalue weighted by Gasteiger charge is -2.27. The predicted octanol–water partition coefficient (Wildman–Crippen LogP) is 2.11. The van der Waals surface area contributed by atoms with E-state index in [-0.39, 0.29) is 29.7 Å². The van der Waals surface area contributed by atoms with Crippen LogP contribution >= 0.6 is 0 Å². The van der Waals surface area contributed by atoms with Gasteiger partial charge in [-0.25, -0.2) is 4.98 Å². The number of nitrogens with zero attached hydrogens (tertiary/aromatic N) is 2. The van der Waals surface area contributed by atoms with Crippen LogP contribution in [-0.2, 0) is 16.1 Å². The molecule has 134 valence electrons. The Balaban J connectivity index is 1.88. The molecule has 1 heterocycles. The normalized spacial score (nSPS) is 18.2. The Bertz CT molecular complexity index is 521. The van der Waals surface area contributed by atoms with Gasteiger partial charge in [0.15, 0.2) is 0 Å². The Hall–Kier alpha value is -1.85. The van der Waals surface area contributed by atoms with Crippen LogP contribution in [0.1, 0.15) is 52.9 Å². The summed E-state index contributed by atoms with van der Waals surface area (Å²) in [5, 5.41) is 5.99. The fourth-order valence-corrected chi connectivity index (χ4v) is 3.26. The van der Waals surface area contributed by atoms with E-state index in [4.69, 9.17) is 0 Å². The van der Waals surface area contributed by atoms with Gasteiger partial charge in [-0.1, -0.05) is 33.1 Å². The van der Waals surface area contributed by atoms with E-state index in [9.17, 15) is 9.59 Å². The first kappa shape index (κ1) is 18.5. The Morgan fingerprint density at radius 3 is 2.46 bits per heavy atom. The molecule has 0 spiro atoms. The zero-order valence-electron chi connectivity index (χ0n) is 15.0. The van der Waals surface area contributed by atoms with Crippen molar-refractivity contribution >= 4 is 11.8 Å². The second-order valence-electron chi connectivity index (χ2n) is 7.23. The number of carbonyl (C=O) groups is 2. The summed E-state index contributed by atoms with van der Waals surface area (Å²) >= 11 is 0. The predicted molar refractivity (Wildman–Crippen MR) is 93.2 cm³/mol. The van der Waals surface area contributed by atoms with Crippen molar-refractivity contribution in [3.63, 3.8) is 0 Å². The second-order valence-corrected chi connectivity index (χ2v) is 7.23. The molecule has 2 amide bonds. The van der Waals surface area contributed by atoms with Crippen molar-refractivity contribution in [3.8, 4) is 0 Å². The maximum absolute atomic E-state index is 12.6. The average molecular weight is 334 g/mol. The number of amides is 2. The molecule has 1 aliphatic carbocycles. The number of aromatic nitrogens is 2. The van der Waals surface area contributed by atoms with E-state index in [1.165, 1.54) is 6.42 Å². The minimum Gasteiger partial charge on any atom is -0.350 e. The summed E-state index contributed by atoms with van der Waals surface area (Å²) in [5.74, 6) is 0.0433. The van der Waals surface area contributed by atoms with Gasteiger partial charge >= 0.3 is 0 Å². The maximum Gasteiger partial charge on any atom is 0.243 e. The molecule has 2 rings (SSSR count). The van der Waals surface area contributed by atoms with Crippen LogP contribution in [0.4, 0.5) is 0 Å². The third kappa shape index (κ3) is 5.35. The van der Waals surface area contributed by atoms with Gasteiger partial charge in [0.2, 0.25) is 11.8 Å². The van der Waals surface area contributed by atoms with Crippen molar-refractivity contribution in [2.24, 2.45) is 11.8 Å². The number of hydrogen-bond acceptors (Lipinski definition) is 3. The quantitative estimate of drug-likeness (QED) is 0.802. The van der Waals surface area contributed by atoms with Gasteiger partial charge in [-0.15, -0.1) is 0 Å². The van der Waals surface area contributed by atoms with Gasteiger partial charge in [0.05, 0.1) is 6.33 Å². The lowest BCUT2D eigenvalue weighted by Crippen LogP contribution is -2.53. The summed E-state index contributed by atoms with van der Waals surface area (Å²) < 4.78 is 1.93. The minimum absolute atomic E-state index is 0.0282. The molecule has 0 bridgehead atoms. The van der Waals surface area contributed by atoms with Gasteiger partial charge in [0.1, 0.15) is 6.04 Å². The molecule has 2 atom stereocenters. The van der Waals surface area contributed by atoms with Crippen molar-refractivity contribution in [2.45, 2.75) is 71.5 Å². The SMILES string of the molecule is CC(C)[C@H](NC(=O)C1CCCCC1)C(=O)N[C@@H](C)Cn1ccnc1. The second kappa shape index (κ2) is 8.85. The van der Waals surface area contributed by atoms with E-state index in [0.717, 1.165) is 25.7 Å². The summed E-state index contributed by atoms with van der Waals surface area (Å²) in [5.41, 5.74) is 0. The Morgan fingerprint density at radius 1 is 1.17 bits per heavy atom. The lowest BCUT2D eigenvalue weighted by atomic mass is 9.88. The van der Waals surface area contributed by atoms with E-state index >= 15 is 0 Å². The Kier molecular flexibility index (Phi) is 6.82. The fraction of sp³-hybridized carbons (Fsp3) is 0.722. The smallest absolute Gasteiger partial charge is 0.243 e. The molecule has 1 fully saturated rings. The molecule has 0 aromatic carbocycles. The number of rotatable bonds is 7. The first-order valence-corrected chi connectivity index (χ1v) is 9.04. The number of imidazole rings is 1. The van der Waals surface area contributed by atoms with Gasteiger partial charge in [0.25, 0.3) is 0 Å². The van der Waals surface area contributed by atoms with Crippen LogP contribution < -0.4 is 10.6 Å². The van der Waals surface area contributed by atoms with Gasteiger partial charge in [-0.2, -0.15) is 0 Å². The monoisotopic (exact) mass is 334 g/mol. The van der Waals surface area contributed by atoms with E-state index < -0.39 is 6.04 Å². The molecular formula is C18H30N4O2. The molecule has 0 unspecified atom stereocenters. The standard InChI is InChI=1S/C18H30N4O2/c1-13(2)16(21-17(23)15-7-5-4-6-8-15)18(24)20-14(3)11-22-10-9-19-12-22/h9-10,12-16H,4-8,11H2,1-3H3,(H,20,24)(H,21,23)/t14-,16-/m0/s1. The summed E-state index contributed by atoms with van der Waals surface area (Å²) in [6, 6.07) is -0.510.